The maximum atomic E-state index is 12.8. The van der Waals surface area contributed by atoms with Crippen molar-refractivity contribution in [2.24, 2.45) is 0 Å². The van der Waals surface area contributed by atoms with E-state index in [1.165, 1.54) is 24.2 Å². The quantitative estimate of drug-likeness (QED) is 0.873. The summed E-state index contributed by atoms with van der Waals surface area (Å²) in [6, 6.07) is 1.74. The third-order valence-corrected chi connectivity index (χ3v) is 6.84. The molecule has 1 aliphatic heterocycles. The molecule has 1 aromatic rings. The molecule has 0 spiro atoms. The summed E-state index contributed by atoms with van der Waals surface area (Å²) in [5, 5.41) is 3.35. The van der Waals surface area contributed by atoms with Crippen molar-refractivity contribution in [3.63, 3.8) is 0 Å². The molecule has 1 saturated heterocycles. The summed E-state index contributed by atoms with van der Waals surface area (Å²) in [5.41, 5.74) is 1.04. The van der Waals surface area contributed by atoms with Crippen LogP contribution in [-0.4, -0.2) is 59.8 Å². The fraction of sp³-hybridized carbons (Fsp3) is 0.706. The van der Waals surface area contributed by atoms with Crippen molar-refractivity contribution in [3.05, 3.63) is 17.5 Å². The first-order valence-electron chi connectivity index (χ1n) is 8.94. The van der Waals surface area contributed by atoms with Crippen LogP contribution in [0.25, 0.3) is 0 Å². The monoisotopic (exact) mass is 366 g/mol. The summed E-state index contributed by atoms with van der Waals surface area (Å²) in [4.78, 5) is 23.1. The summed E-state index contributed by atoms with van der Waals surface area (Å²) >= 11 is 0. The van der Waals surface area contributed by atoms with Gasteiger partial charge in [0, 0.05) is 24.8 Å². The Morgan fingerprint density at radius 3 is 2.56 bits per heavy atom. The van der Waals surface area contributed by atoms with Crippen LogP contribution in [-0.2, 0) is 9.84 Å². The normalized spacial score (nSPS) is 23.4. The lowest BCUT2D eigenvalue weighted by molar-refractivity contribution is 0.0741. The number of amides is 1. The molecule has 1 unspecified atom stereocenters. The number of nitrogens with zero attached hydrogens (tertiary/aromatic N) is 3. The van der Waals surface area contributed by atoms with E-state index >= 15 is 0 Å². The van der Waals surface area contributed by atoms with Crippen LogP contribution in [0.1, 0.15) is 54.7 Å². The van der Waals surface area contributed by atoms with E-state index in [1.807, 2.05) is 6.92 Å². The van der Waals surface area contributed by atoms with Gasteiger partial charge >= 0.3 is 0 Å². The molecule has 1 atom stereocenters. The van der Waals surface area contributed by atoms with Crippen LogP contribution in [0.4, 0.5) is 5.95 Å². The van der Waals surface area contributed by atoms with Gasteiger partial charge in [0.05, 0.1) is 11.5 Å². The van der Waals surface area contributed by atoms with Gasteiger partial charge in [-0.3, -0.25) is 4.79 Å². The predicted molar refractivity (Wildman–Crippen MR) is 96.4 cm³/mol. The van der Waals surface area contributed by atoms with Crippen LogP contribution in [0, 0.1) is 6.92 Å². The standard InChI is InChI=1S/C17H26N4O3S/c1-12-10-15(16(22)21(2)14-8-9-25(23,24)11-14)20-17(18-12)19-13-6-4-3-5-7-13/h10,13-14H,3-9,11H2,1-2H3,(H,18,19,20). The molecule has 7 nitrogen and oxygen atoms in total. The minimum Gasteiger partial charge on any atom is -0.351 e. The number of aromatic nitrogens is 2. The number of carbonyl (C=O) groups is 1. The van der Waals surface area contributed by atoms with Crippen LogP contribution in [0.3, 0.4) is 0 Å². The Morgan fingerprint density at radius 2 is 1.92 bits per heavy atom. The highest BCUT2D eigenvalue weighted by atomic mass is 32.2. The zero-order valence-electron chi connectivity index (χ0n) is 14.9. The second-order valence-corrected chi connectivity index (χ2v) is 9.40. The average molecular weight is 366 g/mol. The van der Waals surface area contributed by atoms with Crippen molar-refractivity contribution >= 4 is 21.7 Å². The Kier molecular flexibility index (Phi) is 5.27. The molecule has 2 aliphatic rings. The number of aryl methyl sites for hydroxylation is 1. The Balaban J connectivity index is 1.73. The molecule has 8 heteroatoms. The van der Waals surface area contributed by atoms with Gasteiger partial charge in [0.2, 0.25) is 5.95 Å². The van der Waals surface area contributed by atoms with Crippen molar-refractivity contribution in [3.8, 4) is 0 Å². The lowest BCUT2D eigenvalue weighted by Gasteiger charge is -2.24. The second kappa shape index (κ2) is 7.27. The zero-order valence-corrected chi connectivity index (χ0v) is 15.7. The summed E-state index contributed by atoms with van der Waals surface area (Å²) in [6.45, 7) is 1.84. The van der Waals surface area contributed by atoms with Crippen LogP contribution in [0.15, 0.2) is 6.07 Å². The van der Waals surface area contributed by atoms with Gasteiger partial charge in [-0.2, -0.15) is 0 Å². The molecule has 0 aromatic carbocycles. The minimum absolute atomic E-state index is 0.0342. The van der Waals surface area contributed by atoms with E-state index in [1.54, 1.807) is 13.1 Å². The third kappa shape index (κ3) is 4.48. The van der Waals surface area contributed by atoms with E-state index in [-0.39, 0.29) is 23.5 Å². The van der Waals surface area contributed by atoms with Crippen molar-refractivity contribution in [2.75, 3.05) is 23.9 Å². The van der Waals surface area contributed by atoms with Crippen molar-refractivity contribution < 1.29 is 13.2 Å². The van der Waals surface area contributed by atoms with Crippen LogP contribution in [0.5, 0.6) is 0 Å². The first-order valence-corrected chi connectivity index (χ1v) is 10.8. The van der Waals surface area contributed by atoms with E-state index in [0.29, 0.717) is 24.1 Å². The zero-order chi connectivity index (χ0) is 18.0. The molecule has 2 heterocycles. The molecule has 2 fully saturated rings. The molecule has 1 amide bonds. The number of sulfone groups is 1. The maximum absolute atomic E-state index is 12.8. The van der Waals surface area contributed by atoms with Gasteiger partial charge in [0.1, 0.15) is 5.69 Å². The third-order valence-electron chi connectivity index (χ3n) is 5.09. The Morgan fingerprint density at radius 1 is 1.20 bits per heavy atom. The van der Waals surface area contributed by atoms with Gasteiger partial charge in [0.15, 0.2) is 9.84 Å². The van der Waals surface area contributed by atoms with Crippen molar-refractivity contribution in [1.29, 1.82) is 0 Å². The molecule has 0 bridgehead atoms. The summed E-state index contributed by atoms with van der Waals surface area (Å²) in [6.07, 6.45) is 6.36. The number of carbonyl (C=O) groups excluding carboxylic acids is 1. The number of rotatable bonds is 4. The van der Waals surface area contributed by atoms with Gasteiger partial charge < -0.3 is 10.2 Å². The van der Waals surface area contributed by atoms with Gasteiger partial charge in [0.25, 0.3) is 5.91 Å². The fourth-order valence-electron chi connectivity index (χ4n) is 3.60. The van der Waals surface area contributed by atoms with Crippen molar-refractivity contribution in [2.45, 2.75) is 57.5 Å². The highest BCUT2D eigenvalue weighted by molar-refractivity contribution is 7.91. The van der Waals surface area contributed by atoms with Crippen LogP contribution < -0.4 is 5.32 Å². The molecule has 0 radical (unpaired) electrons. The summed E-state index contributed by atoms with van der Waals surface area (Å²) in [7, 11) is -1.38. The van der Waals surface area contributed by atoms with Crippen LogP contribution in [0.2, 0.25) is 0 Å². The average Bonchev–Trinajstić information content (AvgIpc) is 2.94. The van der Waals surface area contributed by atoms with E-state index in [9.17, 15) is 13.2 Å². The molecule has 25 heavy (non-hydrogen) atoms. The summed E-state index contributed by atoms with van der Waals surface area (Å²) < 4.78 is 23.3. The first-order chi connectivity index (χ1) is 11.8. The molecular weight excluding hydrogens is 340 g/mol. The molecule has 138 valence electrons. The van der Waals surface area contributed by atoms with Gasteiger partial charge in [-0.25, -0.2) is 18.4 Å². The molecule has 3 rings (SSSR count). The topological polar surface area (TPSA) is 92.3 Å². The largest absolute Gasteiger partial charge is 0.351 e. The molecule has 1 N–H and O–H groups in total. The van der Waals surface area contributed by atoms with E-state index < -0.39 is 9.84 Å². The predicted octanol–water partition coefficient (Wildman–Crippen LogP) is 1.79. The number of hydrogen-bond acceptors (Lipinski definition) is 6. The SMILES string of the molecule is Cc1cc(C(=O)N(C)C2CCS(=O)(=O)C2)nc(NC2CCCCC2)n1. The Bertz CT molecular complexity index is 744. The van der Waals surface area contributed by atoms with E-state index in [4.69, 9.17) is 0 Å². The van der Waals surface area contributed by atoms with Gasteiger partial charge in [-0.15, -0.1) is 0 Å². The smallest absolute Gasteiger partial charge is 0.272 e. The summed E-state index contributed by atoms with van der Waals surface area (Å²) in [5.74, 6) is 0.418. The molecule has 1 saturated carbocycles. The maximum Gasteiger partial charge on any atom is 0.272 e. The second-order valence-electron chi connectivity index (χ2n) is 7.17. The van der Waals surface area contributed by atoms with E-state index in [2.05, 4.69) is 15.3 Å². The Hall–Kier alpha value is -1.70. The number of nitrogens with one attached hydrogen (secondary N) is 1. The molecule has 1 aliphatic carbocycles. The molecule has 1 aromatic heterocycles. The van der Waals surface area contributed by atoms with Gasteiger partial charge in [-0.1, -0.05) is 19.3 Å². The lowest BCUT2D eigenvalue weighted by atomic mass is 9.96. The lowest BCUT2D eigenvalue weighted by Crippen LogP contribution is -2.38. The fourth-order valence-corrected chi connectivity index (χ4v) is 5.37. The minimum atomic E-state index is -3.03. The number of anilines is 1. The number of hydrogen-bond donors (Lipinski definition) is 1. The van der Waals surface area contributed by atoms with Crippen LogP contribution >= 0.6 is 0 Å². The highest BCUT2D eigenvalue weighted by Gasteiger charge is 2.33. The van der Waals surface area contributed by atoms with Crippen molar-refractivity contribution in [1.82, 2.24) is 14.9 Å². The highest BCUT2D eigenvalue weighted by Crippen LogP contribution is 2.21. The first kappa shape index (κ1) is 18.1. The van der Waals surface area contributed by atoms with Gasteiger partial charge in [-0.05, 0) is 32.3 Å². The Labute approximate surface area is 149 Å². The van der Waals surface area contributed by atoms with E-state index in [0.717, 1.165) is 18.5 Å². The molecular formula is C17H26N4O3S.